The molecule has 3 rings (SSSR count). The second-order valence-electron chi connectivity index (χ2n) is 7.42. The molecular weight excluding hydrogens is 459 g/mol. The number of amides is 2. The lowest BCUT2D eigenvalue weighted by Gasteiger charge is -2.30. The van der Waals surface area contributed by atoms with E-state index in [9.17, 15) is 22.4 Å². The highest BCUT2D eigenvalue weighted by atomic mass is 35.5. The Kier molecular flexibility index (Phi) is 8.16. The van der Waals surface area contributed by atoms with Gasteiger partial charge in [0.25, 0.3) is 0 Å². The van der Waals surface area contributed by atoms with Gasteiger partial charge in [0.1, 0.15) is 15.9 Å². The number of nitrogens with one attached hydrogen (secondary N) is 2. The van der Waals surface area contributed by atoms with Crippen LogP contribution in [0.3, 0.4) is 0 Å². The quantitative estimate of drug-likeness (QED) is 0.440. The van der Waals surface area contributed by atoms with Gasteiger partial charge in [0.05, 0.1) is 6.42 Å². The van der Waals surface area contributed by atoms with Gasteiger partial charge in [0, 0.05) is 38.3 Å². The van der Waals surface area contributed by atoms with Gasteiger partial charge in [-0.1, -0.05) is 23.7 Å². The number of sulfonamides is 1. The number of carbonyl (C=O) groups excluding carboxylic acids is 2. The van der Waals surface area contributed by atoms with Crippen LogP contribution in [0.2, 0.25) is 5.15 Å². The molecule has 1 aromatic carbocycles. The minimum Gasteiger partial charge on any atom is -0.354 e. The summed E-state index contributed by atoms with van der Waals surface area (Å²) in [5.41, 5.74) is 0.570. The van der Waals surface area contributed by atoms with Crippen LogP contribution in [0.5, 0.6) is 0 Å². The molecule has 1 aromatic heterocycles. The molecule has 0 bridgehead atoms. The highest BCUT2D eigenvalue weighted by Gasteiger charge is 2.33. The molecule has 0 atom stereocenters. The minimum atomic E-state index is -3.76. The number of pyridine rings is 1. The maximum atomic E-state index is 13.2. The summed E-state index contributed by atoms with van der Waals surface area (Å²) in [6.45, 7) is 0.899. The number of halogens is 2. The molecule has 0 saturated carbocycles. The average Bonchev–Trinajstić information content (AvgIpc) is 2.77. The molecular formula is C21H24ClFN4O4S. The van der Waals surface area contributed by atoms with E-state index in [2.05, 4.69) is 15.6 Å². The zero-order valence-electron chi connectivity index (χ0n) is 17.3. The van der Waals surface area contributed by atoms with Crippen LogP contribution in [-0.2, 0) is 26.0 Å². The third kappa shape index (κ3) is 6.24. The molecule has 2 N–H and O–H groups in total. The van der Waals surface area contributed by atoms with Gasteiger partial charge in [-0.15, -0.1) is 0 Å². The predicted molar refractivity (Wildman–Crippen MR) is 117 cm³/mol. The van der Waals surface area contributed by atoms with Crippen molar-refractivity contribution < 1.29 is 22.4 Å². The lowest BCUT2D eigenvalue weighted by Crippen LogP contribution is -2.44. The largest absolute Gasteiger partial charge is 0.354 e. The summed E-state index contributed by atoms with van der Waals surface area (Å²) in [6.07, 6.45) is 2.24. The van der Waals surface area contributed by atoms with Crippen molar-refractivity contribution in [2.75, 3.05) is 26.2 Å². The third-order valence-corrected chi connectivity index (χ3v) is 7.51. The van der Waals surface area contributed by atoms with Gasteiger partial charge in [-0.25, -0.2) is 17.8 Å². The van der Waals surface area contributed by atoms with Crippen LogP contribution in [-0.4, -0.2) is 55.7 Å². The summed E-state index contributed by atoms with van der Waals surface area (Å²) in [7, 11) is -3.76. The lowest BCUT2D eigenvalue weighted by molar-refractivity contribution is -0.126. The second-order valence-corrected chi connectivity index (χ2v) is 9.68. The van der Waals surface area contributed by atoms with Gasteiger partial charge in [-0.05, 0) is 42.7 Å². The van der Waals surface area contributed by atoms with Crippen LogP contribution in [0.15, 0.2) is 47.5 Å². The maximum Gasteiger partial charge on any atom is 0.246 e. The monoisotopic (exact) mass is 482 g/mol. The van der Waals surface area contributed by atoms with E-state index in [1.54, 1.807) is 12.1 Å². The molecule has 0 radical (unpaired) electrons. The fourth-order valence-corrected chi connectivity index (χ4v) is 5.39. The van der Waals surface area contributed by atoms with Crippen LogP contribution < -0.4 is 10.6 Å². The number of aromatic nitrogens is 1. The Labute approximate surface area is 191 Å². The lowest BCUT2D eigenvalue weighted by atomic mass is 9.97. The zero-order valence-corrected chi connectivity index (χ0v) is 18.8. The van der Waals surface area contributed by atoms with Crippen molar-refractivity contribution in [2.45, 2.75) is 24.2 Å². The highest BCUT2D eigenvalue weighted by Crippen LogP contribution is 2.26. The molecule has 0 unspecified atom stereocenters. The fraction of sp³-hybridized carbons (Fsp3) is 0.381. The Morgan fingerprint density at radius 1 is 1.12 bits per heavy atom. The first-order valence-electron chi connectivity index (χ1n) is 10.2. The molecule has 0 aliphatic carbocycles. The van der Waals surface area contributed by atoms with Crippen molar-refractivity contribution in [1.29, 1.82) is 0 Å². The van der Waals surface area contributed by atoms with Crippen molar-refractivity contribution in [1.82, 2.24) is 19.9 Å². The Morgan fingerprint density at radius 2 is 1.84 bits per heavy atom. The average molecular weight is 483 g/mol. The number of hydrogen-bond acceptors (Lipinski definition) is 5. The Morgan fingerprint density at radius 3 is 2.53 bits per heavy atom. The molecule has 8 nitrogen and oxygen atoms in total. The molecule has 2 heterocycles. The van der Waals surface area contributed by atoms with Gasteiger partial charge in [0.15, 0.2) is 0 Å². The molecule has 11 heteroatoms. The minimum absolute atomic E-state index is 0.0430. The first-order valence-corrected chi connectivity index (χ1v) is 12.0. The van der Waals surface area contributed by atoms with Gasteiger partial charge < -0.3 is 10.6 Å². The van der Waals surface area contributed by atoms with Gasteiger partial charge in [-0.2, -0.15) is 4.31 Å². The van der Waals surface area contributed by atoms with E-state index in [4.69, 9.17) is 11.6 Å². The van der Waals surface area contributed by atoms with E-state index in [1.165, 1.54) is 34.8 Å². The van der Waals surface area contributed by atoms with Crippen LogP contribution in [0.1, 0.15) is 18.4 Å². The number of piperidine rings is 1. The van der Waals surface area contributed by atoms with E-state index < -0.39 is 15.8 Å². The zero-order chi connectivity index (χ0) is 23.1. The normalized spacial score (nSPS) is 15.3. The van der Waals surface area contributed by atoms with Crippen molar-refractivity contribution in [2.24, 2.45) is 5.92 Å². The molecule has 1 aliphatic rings. The first kappa shape index (κ1) is 24.1. The summed E-state index contributed by atoms with van der Waals surface area (Å²) in [6, 6.07) is 8.74. The van der Waals surface area contributed by atoms with Gasteiger partial charge in [0.2, 0.25) is 21.8 Å². The number of carbonyl (C=O) groups is 2. The smallest absolute Gasteiger partial charge is 0.246 e. The van der Waals surface area contributed by atoms with Crippen molar-refractivity contribution >= 4 is 33.4 Å². The number of rotatable bonds is 8. The summed E-state index contributed by atoms with van der Waals surface area (Å²) >= 11 is 5.92. The molecule has 2 amide bonds. The van der Waals surface area contributed by atoms with E-state index in [1.807, 2.05) is 0 Å². The summed E-state index contributed by atoms with van der Waals surface area (Å²) in [5.74, 6) is -1.16. The second kappa shape index (κ2) is 10.8. The SMILES string of the molecule is O=C(Cc1cccc(F)c1)NCCNC(=O)C1CCN(S(=O)(=O)c2cccnc2Cl)CC1. The molecule has 172 valence electrons. The van der Waals surface area contributed by atoms with E-state index in [0.717, 1.165) is 0 Å². The number of benzene rings is 1. The molecule has 0 spiro atoms. The van der Waals surface area contributed by atoms with Crippen LogP contribution in [0, 0.1) is 11.7 Å². The molecule has 1 saturated heterocycles. The van der Waals surface area contributed by atoms with Gasteiger partial charge >= 0.3 is 0 Å². The standard InChI is InChI=1S/C21H24ClFN4O4S/c22-20-18(5-2-8-25-20)32(30,31)27-11-6-16(7-12-27)21(29)26-10-9-24-19(28)14-15-3-1-4-17(23)13-15/h1-5,8,13,16H,6-7,9-12,14H2,(H,24,28)(H,26,29). The summed E-state index contributed by atoms with van der Waals surface area (Å²) < 4.78 is 40.0. The molecule has 1 aliphatic heterocycles. The van der Waals surface area contributed by atoms with E-state index >= 15 is 0 Å². The van der Waals surface area contributed by atoms with Crippen LogP contribution in [0.4, 0.5) is 4.39 Å². The molecule has 1 fully saturated rings. The Bertz CT molecular complexity index is 1070. The first-order chi connectivity index (χ1) is 15.3. The van der Waals surface area contributed by atoms with Gasteiger partial charge in [-0.3, -0.25) is 9.59 Å². The van der Waals surface area contributed by atoms with Crippen LogP contribution in [0.25, 0.3) is 0 Å². The maximum absolute atomic E-state index is 13.2. The topological polar surface area (TPSA) is 108 Å². The fourth-order valence-electron chi connectivity index (χ4n) is 3.49. The number of hydrogen-bond donors (Lipinski definition) is 2. The van der Waals surface area contributed by atoms with Crippen LogP contribution >= 0.6 is 11.6 Å². The third-order valence-electron chi connectivity index (χ3n) is 5.17. The van der Waals surface area contributed by atoms with Crippen molar-refractivity contribution in [3.63, 3.8) is 0 Å². The summed E-state index contributed by atoms with van der Waals surface area (Å²) in [4.78, 5) is 28.1. The Balaban J connectivity index is 1.39. The summed E-state index contributed by atoms with van der Waals surface area (Å²) in [5, 5.41) is 5.36. The molecule has 2 aromatic rings. The van der Waals surface area contributed by atoms with Crippen molar-refractivity contribution in [3.05, 3.63) is 59.1 Å². The van der Waals surface area contributed by atoms with Crippen molar-refractivity contribution in [3.8, 4) is 0 Å². The van der Waals surface area contributed by atoms with E-state index in [-0.39, 0.29) is 60.4 Å². The van der Waals surface area contributed by atoms with E-state index in [0.29, 0.717) is 18.4 Å². The number of nitrogens with zero attached hydrogens (tertiary/aromatic N) is 2. The predicted octanol–water partition coefficient (Wildman–Crippen LogP) is 1.75. The highest BCUT2D eigenvalue weighted by molar-refractivity contribution is 7.89. The Hall–Kier alpha value is -2.56. The molecule has 32 heavy (non-hydrogen) atoms.